The highest BCUT2D eigenvalue weighted by Crippen LogP contribution is 2.20. The van der Waals surface area contributed by atoms with Gasteiger partial charge in [0, 0.05) is 6.54 Å². The number of rotatable bonds is 5. The van der Waals surface area contributed by atoms with Crippen molar-refractivity contribution in [3.05, 3.63) is 39.6 Å². The van der Waals surface area contributed by atoms with Crippen LogP contribution in [0.4, 0.5) is 0 Å². The molecule has 3 aromatic rings. The molecule has 3 heterocycles. The Balaban J connectivity index is 1.97. The average molecular weight is 365 g/mol. The second-order valence-electron chi connectivity index (χ2n) is 5.75. The molecular weight excluding hydrogens is 348 g/mol. The second kappa shape index (κ2) is 6.74. The maximum atomic E-state index is 6.42. The molecule has 3 aromatic heterocycles. The minimum atomic E-state index is 0.362. The van der Waals surface area contributed by atoms with E-state index in [0.717, 1.165) is 17.8 Å². The molecule has 24 heavy (non-hydrogen) atoms. The molecule has 0 aliphatic carbocycles. The van der Waals surface area contributed by atoms with E-state index in [1.807, 2.05) is 6.92 Å². The van der Waals surface area contributed by atoms with Gasteiger partial charge in [0.1, 0.15) is 5.15 Å². The van der Waals surface area contributed by atoms with Gasteiger partial charge in [0.05, 0.1) is 23.7 Å². The third-order valence-corrected chi connectivity index (χ3v) is 4.00. The van der Waals surface area contributed by atoms with Gasteiger partial charge in [-0.05, 0) is 37.2 Å². The highest BCUT2D eigenvalue weighted by molar-refractivity contribution is 7.71. The Bertz CT molecular complexity index is 919. The number of furan rings is 1. The average Bonchev–Trinajstić information content (AvgIpc) is 3.20. The quantitative estimate of drug-likeness (QED) is 0.550. The van der Waals surface area contributed by atoms with E-state index in [2.05, 4.69) is 34.2 Å². The molecule has 0 saturated carbocycles. The first-order chi connectivity index (χ1) is 11.5. The van der Waals surface area contributed by atoms with Crippen LogP contribution in [-0.2, 0) is 6.54 Å². The Labute approximate surface area is 148 Å². The molecule has 7 nitrogen and oxygen atoms in total. The van der Waals surface area contributed by atoms with Crippen LogP contribution in [0.25, 0.3) is 11.6 Å². The van der Waals surface area contributed by atoms with E-state index in [4.69, 9.17) is 28.2 Å². The van der Waals surface area contributed by atoms with Crippen LogP contribution < -0.4 is 0 Å². The van der Waals surface area contributed by atoms with Gasteiger partial charge < -0.3 is 4.42 Å². The fourth-order valence-electron chi connectivity index (χ4n) is 2.26. The van der Waals surface area contributed by atoms with Crippen molar-refractivity contribution in [2.24, 2.45) is 11.0 Å². The van der Waals surface area contributed by atoms with Gasteiger partial charge in [0.15, 0.2) is 5.76 Å². The maximum Gasteiger partial charge on any atom is 0.219 e. The molecule has 0 aliphatic heterocycles. The summed E-state index contributed by atoms with van der Waals surface area (Å²) in [5.74, 6) is 1.50. The minimum Gasteiger partial charge on any atom is -0.461 e. The van der Waals surface area contributed by atoms with Crippen LogP contribution in [0.15, 0.2) is 27.9 Å². The van der Waals surface area contributed by atoms with Crippen LogP contribution in [0.2, 0.25) is 5.15 Å². The molecule has 0 fully saturated rings. The van der Waals surface area contributed by atoms with Crippen LogP contribution >= 0.6 is 23.8 Å². The number of hydrogen-bond donors (Lipinski definition) is 1. The van der Waals surface area contributed by atoms with E-state index >= 15 is 0 Å². The molecule has 3 rings (SSSR count). The number of aryl methyl sites for hydroxylation is 1. The highest BCUT2D eigenvalue weighted by atomic mass is 35.5. The van der Waals surface area contributed by atoms with Crippen LogP contribution in [0.5, 0.6) is 0 Å². The molecular formula is C15H17ClN6OS. The lowest BCUT2D eigenvalue weighted by molar-refractivity contribution is 0.482. The van der Waals surface area contributed by atoms with Gasteiger partial charge in [-0.3, -0.25) is 4.68 Å². The summed E-state index contributed by atoms with van der Waals surface area (Å²) in [4.78, 5) is 0. The van der Waals surface area contributed by atoms with Crippen molar-refractivity contribution in [2.45, 2.75) is 27.3 Å². The van der Waals surface area contributed by atoms with Crippen LogP contribution in [0, 0.1) is 17.6 Å². The van der Waals surface area contributed by atoms with E-state index < -0.39 is 0 Å². The van der Waals surface area contributed by atoms with Gasteiger partial charge in [0.25, 0.3) is 0 Å². The predicted molar refractivity (Wildman–Crippen MR) is 94.9 cm³/mol. The summed E-state index contributed by atoms with van der Waals surface area (Å²) in [5.41, 5.74) is 1.56. The third kappa shape index (κ3) is 3.20. The second-order valence-corrected chi connectivity index (χ2v) is 6.50. The van der Waals surface area contributed by atoms with Gasteiger partial charge in [-0.2, -0.15) is 14.9 Å². The summed E-state index contributed by atoms with van der Waals surface area (Å²) in [5, 5.41) is 16.3. The number of hydrogen-bond acceptors (Lipinski definition) is 5. The first-order valence-electron chi connectivity index (χ1n) is 7.46. The summed E-state index contributed by atoms with van der Waals surface area (Å²) in [6, 6.07) is 3.56. The van der Waals surface area contributed by atoms with Crippen LogP contribution in [0.1, 0.15) is 25.1 Å². The van der Waals surface area contributed by atoms with Gasteiger partial charge in [-0.1, -0.05) is 25.4 Å². The monoisotopic (exact) mass is 364 g/mol. The molecule has 0 unspecified atom stereocenters. The maximum absolute atomic E-state index is 6.42. The number of H-pyrrole nitrogens is 1. The lowest BCUT2D eigenvalue weighted by Crippen LogP contribution is -2.06. The number of nitrogens with zero attached hydrogens (tertiary/aromatic N) is 5. The van der Waals surface area contributed by atoms with E-state index in [9.17, 15) is 0 Å². The molecule has 9 heteroatoms. The fourth-order valence-corrected chi connectivity index (χ4v) is 2.73. The Hall–Kier alpha value is -2.19. The molecule has 0 amide bonds. The molecule has 0 bridgehead atoms. The molecule has 0 radical (unpaired) electrons. The highest BCUT2D eigenvalue weighted by Gasteiger charge is 2.14. The smallest absolute Gasteiger partial charge is 0.219 e. The van der Waals surface area contributed by atoms with Crippen molar-refractivity contribution in [3.8, 4) is 11.6 Å². The molecule has 0 spiro atoms. The number of aromatic amines is 1. The number of nitrogens with one attached hydrogen (secondary N) is 1. The summed E-state index contributed by atoms with van der Waals surface area (Å²) < 4.78 is 8.99. The van der Waals surface area contributed by atoms with Crippen LogP contribution in [-0.4, -0.2) is 30.9 Å². The van der Waals surface area contributed by atoms with Crippen molar-refractivity contribution in [3.63, 3.8) is 0 Å². The van der Waals surface area contributed by atoms with Crippen LogP contribution in [0.3, 0.4) is 0 Å². The molecule has 0 aromatic carbocycles. The summed E-state index contributed by atoms with van der Waals surface area (Å²) in [6.45, 7) is 6.87. The lowest BCUT2D eigenvalue weighted by Gasteiger charge is -2.05. The summed E-state index contributed by atoms with van der Waals surface area (Å²) >= 11 is 11.7. The van der Waals surface area contributed by atoms with Gasteiger partial charge in [-0.15, -0.1) is 5.10 Å². The fraction of sp³-hybridized carbons (Fsp3) is 0.333. The van der Waals surface area contributed by atoms with E-state index in [-0.39, 0.29) is 0 Å². The van der Waals surface area contributed by atoms with Gasteiger partial charge >= 0.3 is 0 Å². The van der Waals surface area contributed by atoms with E-state index in [1.54, 1.807) is 29.3 Å². The minimum absolute atomic E-state index is 0.362. The number of aromatic nitrogens is 5. The topological polar surface area (TPSA) is 76.9 Å². The largest absolute Gasteiger partial charge is 0.461 e. The predicted octanol–water partition coefficient (Wildman–Crippen LogP) is 3.90. The van der Waals surface area contributed by atoms with Crippen molar-refractivity contribution < 1.29 is 4.42 Å². The lowest BCUT2D eigenvalue weighted by atomic mass is 10.2. The molecule has 0 saturated heterocycles. The normalized spacial score (nSPS) is 11.9. The summed E-state index contributed by atoms with van der Waals surface area (Å²) in [6.07, 6.45) is 3.21. The van der Waals surface area contributed by atoms with Crippen molar-refractivity contribution in [1.82, 2.24) is 24.7 Å². The number of halogens is 1. The summed E-state index contributed by atoms with van der Waals surface area (Å²) in [7, 11) is 0. The van der Waals surface area contributed by atoms with Crippen molar-refractivity contribution in [2.75, 3.05) is 0 Å². The zero-order valence-electron chi connectivity index (χ0n) is 13.5. The molecule has 1 N–H and O–H groups in total. The van der Waals surface area contributed by atoms with Gasteiger partial charge in [-0.25, -0.2) is 5.10 Å². The zero-order valence-corrected chi connectivity index (χ0v) is 15.1. The first kappa shape index (κ1) is 16.7. The Kier molecular flexibility index (Phi) is 4.68. The first-order valence-corrected chi connectivity index (χ1v) is 8.24. The molecule has 0 aliphatic rings. The van der Waals surface area contributed by atoms with E-state index in [1.165, 1.54) is 4.68 Å². The van der Waals surface area contributed by atoms with Crippen molar-refractivity contribution in [1.29, 1.82) is 0 Å². The standard InChI is InChI=1S/C15H17ClN6OS/c1-9(2)8-21-13(16)11(10(3)20-21)7-17-22-14(18-19-15(22)24)12-5-4-6-23-12/h4-7,9H,8H2,1-3H3,(H,19,24). The SMILES string of the molecule is Cc1nn(CC(C)C)c(Cl)c1C=Nn1c(-c2ccco2)n[nH]c1=S. The molecule has 0 atom stereocenters. The Morgan fingerprint density at radius 1 is 1.50 bits per heavy atom. The zero-order chi connectivity index (χ0) is 17.3. The van der Waals surface area contributed by atoms with Gasteiger partial charge in [0.2, 0.25) is 10.6 Å². The third-order valence-electron chi connectivity index (χ3n) is 3.34. The van der Waals surface area contributed by atoms with Crippen molar-refractivity contribution >= 4 is 30.0 Å². The Morgan fingerprint density at radius 3 is 2.96 bits per heavy atom. The van der Waals surface area contributed by atoms with E-state index in [0.29, 0.717) is 27.4 Å². The Morgan fingerprint density at radius 2 is 2.29 bits per heavy atom. The molecule has 126 valence electrons.